The number of carbonyl (C=O) groups is 1. The minimum atomic E-state index is 0.107. The first kappa shape index (κ1) is 16.0. The lowest BCUT2D eigenvalue weighted by atomic mass is 9.94. The maximum Gasteiger partial charge on any atom is 0.187 e. The topological polar surface area (TPSA) is 20.3 Å². The molecule has 2 heteroatoms. The summed E-state index contributed by atoms with van der Waals surface area (Å²) in [5.41, 5.74) is 3.62. The Balaban J connectivity index is 1.95. The fraction of sp³-hybridized carbons (Fsp3) is 0.136. The maximum atomic E-state index is 12.9. The summed E-state index contributed by atoms with van der Waals surface area (Å²) in [6.45, 7) is 1.71. The zero-order chi connectivity index (χ0) is 16.8. The Hall–Kier alpha value is -2.89. The monoisotopic (exact) mass is 313 g/mol. The number of Topliss-reactive ketones (excluding diaryl/α,β-unsaturated/α-hetero) is 1. The number of rotatable bonds is 3. The van der Waals surface area contributed by atoms with Crippen LogP contribution in [0.3, 0.4) is 0 Å². The van der Waals surface area contributed by atoms with E-state index in [2.05, 4.69) is 10.8 Å². The normalized spacial score (nSPS) is 18.7. The first-order chi connectivity index (χ1) is 11.8. The molecule has 1 fully saturated rings. The summed E-state index contributed by atoms with van der Waals surface area (Å²) in [4.78, 5) is 15.0. The van der Waals surface area contributed by atoms with Crippen LogP contribution in [-0.2, 0) is 4.79 Å². The molecular weight excluding hydrogens is 294 g/mol. The summed E-state index contributed by atoms with van der Waals surface area (Å²) >= 11 is 0. The molecule has 1 heterocycles. The smallest absolute Gasteiger partial charge is 0.187 e. The molecule has 0 saturated carbocycles. The van der Waals surface area contributed by atoms with E-state index in [4.69, 9.17) is 6.42 Å². The molecule has 0 N–H and O–H groups in total. The number of likely N-dealkylation sites (tertiary alicyclic amines) is 1. The van der Waals surface area contributed by atoms with Crippen LogP contribution in [0.2, 0.25) is 0 Å². The van der Waals surface area contributed by atoms with E-state index in [0.717, 1.165) is 22.3 Å². The second-order valence-electron chi connectivity index (χ2n) is 5.84. The van der Waals surface area contributed by atoms with Crippen LogP contribution in [0.1, 0.15) is 11.1 Å². The van der Waals surface area contributed by atoms with Crippen LogP contribution >= 0.6 is 0 Å². The number of ketones is 1. The van der Waals surface area contributed by atoms with Crippen molar-refractivity contribution >= 4 is 17.9 Å². The van der Waals surface area contributed by atoms with Crippen LogP contribution in [0.25, 0.3) is 12.2 Å². The Morgan fingerprint density at radius 2 is 1.33 bits per heavy atom. The van der Waals surface area contributed by atoms with Crippen molar-refractivity contribution in [1.82, 2.24) is 4.90 Å². The Morgan fingerprint density at radius 1 is 0.875 bits per heavy atom. The first-order valence-electron chi connectivity index (χ1n) is 7.98. The zero-order valence-corrected chi connectivity index (χ0v) is 13.5. The van der Waals surface area contributed by atoms with Gasteiger partial charge in [-0.3, -0.25) is 9.69 Å². The van der Waals surface area contributed by atoms with Gasteiger partial charge in [-0.15, -0.1) is 6.42 Å². The van der Waals surface area contributed by atoms with Crippen molar-refractivity contribution in [2.45, 2.75) is 0 Å². The van der Waals surface area contributed by atoms with Crippen molar-refractivity contribution in [3.63, 3.8) is 0 Å². The third-order valence-electron chi connectivity index (χ3n) is 3.97. The van der Waals surface area contributed by atoms with Gasteiger partial charge in [-0.2, -0.15) is 0 Å². The van der Waals surface area contributed by atoms with Crippen LogP contribution in [0.4, 0.5) is 0 Å². The standard InChI is InChI=1S/C22H19NO/c1-2-13-23-16-20(14-18-9-5-3-6-10-18)22(24)21(17-23)15-19-11-7-4-8-12-19/h1,3-12,14-15H,13,16-17H2/b20-14+,21-15+. The Morgan fingerprint density at radius 3 is 1.75 bits per heavy atom. The van der Waals surface area contributed by atoms with Crippen molar-refractivity contribution in [1.29, 1.82) is 0 Å². The fourth-order valence-electron chi connectivity index (χ4n) is 2.85. The maximum absolute atomic E-state index is 12.9. The second kappa shape index (κ2) is 7.59. The van der Waals surface area contributed by atoms with Gasteiger partial charge in [0, 0.05) is 24.2 Å². The van der Waals surface area contributed by atoms with Gasteiger partial charge in [0.1, 0.15) is 0 Å². The summed E-state index contributed by atoms with van der Waals surface area (Å²) < 4.78 is 0. The molecule has 1 saturated heterocycles. The SMILES string of the molecule is C#CCN1C/C(=C\c2ccccc2)C(=O)/C(=C/c2ccccc2)C1. The molecule has 2 nitrogen and oxygen atoms in total. The van der Waals surface area contributed by atoms with Crippen molar-refractivity contribution in [3.05, 3.63) is 82.9 Å². The summed E-state index contributed by atoms with van der Waals surface area (Å²) in [6, 6.07) is 19.8. The number of terminal acetylenes is 1. The Labute approximate surface area is 143 Å². The minimum Gasteiger partial charge on any atom is -0.289 e. The summed E-state index contributed by atoms with van der Waals surface area (Å²) in [7, 11) is 0. The van der Waals surface area contributed by atoms with Gasteiger partial charge in [-0.25, -0.2) is 0 Å². The molecule has 0 aliphatic carbocycles. The highest BCUT2D eigenvalue weighted by molar-refractivity contribution is 6.14. The Bertz CT molecular complexity index is 749. The molecule has 118 valence electrons. The van der Waals surface area contributed by atoms with Crippen molar-refractivity contribution < 1.29 is 4.79 Å². The lowest BCUT2D eigenvalue weighted by molar-refractivity contribution is -0.113. The van der Waals surface area contributed by atoms with Gasteiger partial charge in [-0.05, 0) is 23.3 Å². The molecule has 0 unspecified atom stereocenters. The predicted molar refractivity (Wildman–Crippen MR) is 99.1 cm³/mol. The van der Waals surface area contributed by atoms with Crippen LogP contribution in [0.15, 0.2) is 71.8 Å². The van der Waals surface area contributed by atoms with E-state index >= 15 is 0 Å². The van der Waals surface area contributed by atoms with E-state index in [1.54, 1.807) is 0 Å². The predicted octanol–water partition coefficient (Wildman–Crippen LogP) is 3.67. The van der Waals surface area contributed by atoms with Gasteiger partial charge < -0.3 is 0 Å². The van der Waals surface area contributed by atoms with E-state index in [1.165, 1.54) is 0 Å². The van der Waals surface area contributed by atoms with Crippen molar-refractivity contribution in [2.24, 2.45) is 0 Å². The number of hydrogen-bond acceptors (Lipinski definition) is 2. The van der Waals surface area contributed by atoms with Gasteiger partial charge in [0.25, 0.3) is 0 Å². The van der Waals surface area contributed by atoms with Crippen molar-refractivity contribution in [2.75, 3.05) is 19.6 Å². The molecule has 24 heavy (non-hydrogen) atoms. The van der Waals surface area contributed by atoms with Crippen LogP contribution < -0.4 is 0 Å². The number of carbonyl (C=O) groups excluding carboxylic acids is 1. The van der Waals surface area contributed by atoms with Gasteiger partial charge in [0.15, 0.2) is 5.78 Å². The first-order valence-corrected chi connectivity index (χ1v) is 7.98. The molecule has 0 atom stereocenters. The van der Waals surface area contributed by atoms with E-state index in [9.17, 15) is 4.79 Å². The Kier molecular flexibility index (Phi) is 5.05. The van der Waals surface area contributed by atoms with E-state index in [1.807, 2.05) is 72.8 Å². The zero-order valence-electron chi connectivity index (χ0n) is 13.5. The number of nitrogens with zero attached hydrogens (tertiary/aromatic N) is 1. The van der Waals surface area contributed by atoms with E-state index in [-0.39, 0.29) is 5.78 Å². The summed E-state index contributed by atoms with van der Waals surface area (Å²) in [5.74, 6) is 2.79. The molecule has 2 aromatic carbocycles. The summed E-state index contributed by atoms with van der Waals surface area (Å²) in [6.07, 6.45) is 9.40. The highest BCUT2D eigenvalue weighted by atomic mass is 16.1. The van der Waals surface area contributed by atoms with Gasteiger partial charge in [-0.1, -0.05) is 66.6 Å². The lowest BCUT2D eigenvalue weighted by Gasteiger charge is -2.28. The second-order valence-corrected chi connectivity index (χ2v) is 5.84. The number of piperidine rings is 1. The van der Waals surface area contributed by atoms with Gasteiger partial charge >= 0.3 is 0 Å². The highest BCUT2D eigenvalue weighted by Gasteiger charge is 2.25. The molecule has 1 aliphatic heterocycles. The molecular formula is C22H19NO. The molecule has 2 aromatic rings. The quantitative estimate of drug-likeness (QED) is 0.636. The molecule has 0 amide bonds. The summed E-state index contributed by atoms with van der Waals surface area (Å²) in [5, 5.41) is 0. The average molecular weight is 313 g/mol. The lowest BCUT2D eigenvalue weighted by Crippen LogP contribution is -2.37. The van der Waals surface area contributed by atoms with Crippen molar-refractivity contribution in [3.8, 4) is 12.3 Å². The third kappa shape index (κ3) is 3.90. The number of hydrogen-bond donors (Lipinski definition) is 0. The largest absolute Gasteiger partial charge is 0.289 e. The molecule has 3 rings (SSSR count). The fourth-order valence-corrected chi connectivity index (χ4v) is 2.85. The van der Waals surface area contributed by atoms with Crippen LogP contribution in [-0.4, -0.2) is 30.3 Å². The molecule has 0 aromatic heterocycles. The van der Waals surface area contributed by atoms with Gasteiger partial charge in [0.2, 0.25) is 0 Å². The molecule has 0 spiro atoms. The number of benzene rings is 2. The van der Waals surface area contributed by atoms with Crippen LogP contribution in [0.5, 0.6) is 0 Å². The third-order valence-corrected chi connectivity index (χ3v) is 3.97. The molecule has 0 radical (unpaired) electrons. The highest BCUT2D eigenvalue weighted by Crippen LogP contribution is 2.21. The van der Waals surface area contributed by atoms with Gasteiger partial charge in [0.05, 0.1) is 6.54 Å². The molecule has 1 aliphatic rings. The average Bonchev–Trinajstić information content (AvgIpc) is 2.61. The van der Waals surface area contributed by atoms with E-state index in [0.29, 0.717) is 19.6 Å². The van der Waals surface area contributed by atoms with Crippen LogP contribution in [0, 0.1) is 12.3 Å². The minimum absolute atomic E-state index is 0.107. The van der Waals surface area contributed by atoms with E-state index < -0.39 is 0 Å². The molecule has 0 bridgehead atoms.